The largest absolute Gasteiger partial charge is 0.479 e. The van der Waals surface area contributed by atoms with Crippen LogP contribution in [0, 0.1) is 0 Å². The highest BCUT2D eigenvalue weighted by molar-refractivity contribution is 7.80. The van der Waals surface area contributed by atoms with Crippen LogP contribution < -0.4 is 5.32 Å². The van der Waals surface area contributed by atoms with E-state index >= 15 is 0 Å². The number of hydrogen-bond acceptors (Lipinski definition) is 32. The fourth-order valence-corrected chi connectivity index (χ4v) is 9.55. The maximum absolute atomic E-state index is 12.4. The van der Waals surface area contributed by atoms with E-state index in [-0.39, 0.29) is 0 Å². The van der Waals surface area contributed by atoms with Crippen LogP contribution in [0.3, 0.4) is 0 Å². The van der Waals surface area contributed by atoms with E-state index < -0.39 is 233 Å². The van der Waals surface area contributed by atoms with Gasteiger partial charge in [0.05, 0.1) is 32.5 Å². The first kappa shape index (κ1) is 61.0. The van der Waals surface area contributed by atoms with Gasteiger partial charge < -0.3 is 144 Å². The number of ether oxygens (including phenoxy) is 11. The van der Waals surface area contributed by atoms with Gasteiger partial charge in [0.15, 0.2) is 43.8 Å². The minimum absolute atomic E-state index is 0.857. The van der Waals surface area contributed by atoms with Gasteiger partial charge in [-0.3, -0.25) is 9.35 Å². The minimum atomic E-state index is -5.59. The van der Waals surface area contributed by atoms with Crippen LogP contribution in [0.1, 0.15) is 13.8 Å². The Kier molecular flexibility index (Phi) is 20.8. The van der Waals surface area contributed by atoms with Gasteiger partial charge in [-0.1, -0.05) is 0 Å². The van der Waals surface area contributed by atoms with Gasteiger partial charge >= 0.3 is 16.4 Å². The van der Waals surface area contributed by atoms with Gasteiger partial charge in [0.1, 0.15) is 134 Å². The molecule has 0 bridgehead atoms. The van der Waals surface area contributed by atoms with Gasteiger partial charge in [-0.25, -0.2) is 8.98 Å². The fourth-order valence-electron chi connectivity index (χ4n) is 9.05. The summed E-state index contributed by atoms with van der Waals surface area (Å²) in [6.07, 6.45) is -63.0. The van der Waals surface area contributed by atoms with Crippen LogP contribution in [0.15, 0.2) is 0 Å². The molecule has 0 spiro atoms. The first-order valence-electron chi connectivity index (χ1n) is 22.6. The van der Waals surface area contributed by atoms with Crippen molar-refractivity contribution in [2.24, 2.45) is 0 Å². The van der Waals surface area contributed by atoms with Crippen LogP contribution in [0.4, 0.5) is 0 Å². The average Bonchev–Trinajstić information content (AvgIpc) is 3.34. The van der Waals surface area contributed by atoms with E-state index in [0.717, 1.165) is 6.92 Å². The Labute approximate surface area is 417 Å². The Morgan fingerprint density at radius 1 is 0.459 bits per heavy atom. The first-order chi connectivity index (χ1) is 34.7. The number of rotatable bonds is 18. The highest BCUT2D eigenvalue weighted by Gasteiger charge is 2.60. The molecular weight excluding hydrogens is 1050 g/mol. The highest BCUT2D eigenvalue weighted by atomic mass is 32.3. The third kappa shape index (κ3) is 13.1. The quantitative estimate of drug-likeness (QED) is 0.0567. The van der Waals surface area contributed by atoms with E-state index in [4.69, 9.17) is 52.1 Å². The van der Waals surface area contributed by atoms with Crippen molar-refractivity contribution in [3.8, 4) is 0 Å². The van der Waals surface area contributed by atoms with E-state index in [9.17, 15) is 109 Å². The Hall–Kier alpha value is -2.27. The molecule has 1 amide bonds. The number of aliphatic carboxylic acids is 1. The van der Waals surface area contributed by atoms with Crippen molar-refractivity contribution >= 4 is 22.3 Å². The number of aliphatic hydroxyl groups is 16. The number of aliphatic hydroxyl groups excluding tert-OH is 16. The molecule has 1 unspecified atom stereocenters. The van der Waals surface area contributed by atoms with Crippen LogP contribution in [0.2, 0.25) is 0 Å². The van der Waals surface area contributed by atoms with Crippen molar-refractivity contribution in [1.29, 1.82) is 0 Å². The average molecular weight is 1110 g/mol. The van der Waals surface area contributed by atoms with Crippen molar-refractivity contribution in [3.05, 3.63) is 0 Å². The number of carboxylic acid groups (broad SMARTS) is 1. The number of amides is 1. The predicted octanol–water partition coefficient (Wildman–Crippen LogP) is -13.0. The zero-order chi connectivity index (χ0) is 55.0. The molecule has 0 aliphatic carbocycles. The molecule has 19 N–H and O–H groups in total. The standard InChI is InChI=1S/C38H63NO34S/c1-7-14(45)18(49)20(51)34(62-7)72-31-30(71-36-23(54)27(17(48)11(5-42)65-36)69-37-24(55)28(73-74(59,60)61)22(53)29(70-37)32(56)57)25(67-35-21(52)19(50)15(46)9(3-40)64-35)12(6-43)66-38(31)68-26-13(39-8(2)44)33(58)63-10(4-41)16(26)47/h7,9-31,33-38,40-43,45-55,58H,3-6H2,1-2H3,(H,39,44)(H,56,57)(H,59,60,61)/t7-,9+,10+,11+,12+,13+,14+,15-,16-,17-,18+,19-,20-,21+,22-,23+,24+,25-,26+,27-,28-,29-,30-,31+,33?,34-,35-,36-,37+,38-/m0/s1. The van der Waals surface area contributed by atoms with E-state index in [1.165, 1.54) is 6.92 Å². The summed E-state index contributed by atoms with van der Waals surface area (Å²) in [6, 6.07) is -1.77. The second-order valence-corrected chi connectivity index (χ2v) is 19.1. The number of carbonyl (C=O) groups excluding carboxylic acids is 1. The smallest absolute Gasteiger partial charge is 0.397 e. The summed E-state index contributed by atoms with van der Waals surface area (Å²) < 4.78 is 100. The third-order valence-corrected chi connectivity index (χ3v) is 13.4. The van der Waals surface area contributed by atoms with Gasteiger partial charge in [-0.15, -0.1) is 0 Å². The molecule has 0 aromatic heterocycles. The second-order valence-electron chi connectivity index (χ2n) is 18.0. The molecule has 74 heavy (non-hydrogen) atoms. The monoisotopic (exact) mass is 1110 g/mol. The molecule has 0 aromatic rings. The SMILES string of the molecule is CC(=O)N[C@H]1C(O)O[C@H](CO)[C@H](O)[C@@H]1O[C@@H]1O[C@H](CO)[C@H](O[C@@H]2O[C@H](CO)[C@H](O)[C@H](O)[C@H]2O)[C@H](O[C@@H]2O[C@H](CO)[C@H](O)[C@H](O[C@@H]3O[C@H](C(=O)O)[C@@H](O)[C@H](OS(=O)(=O)O)[C@H]3O)[C@H]2O)[C@H]1O[C@@H]1O[C@@H](C)[C@@H](O)[C@@H](O)[C@@H]1O. The highest BCUT2D eigenvalue weighted by Crippen LogP contribution is 2.39. The Morgan fingerprint density at radius 2 is 0.892 bits per heavy atom. The van der Waals surface area contributed by atoms with Crippen molar-refractivity contribution in [3.63, 3.8) is 0 Å². The predicted molar refractivity (Wildman–Crippen MR) is 220 cm³/mol. The molecule has 6 aliphatic heterocycles. The fraction of sp³-hybridized carbons (Fsp3) is 0.947. The third-order valence-electron chi connectivity index (χ3n) is 13.0. The van der Waals surface area contributed by atoms with E-state index in [1.54, 1.807) is 0 Å². The molecule has 6 rings (SSSR count). The van der Waals surface area contributed by atoms with Crippen molar-refractivity contribution < 1.29 is 166 Å². The summed E-state index contributed by atoms with van der Waals surface area (Å²) in [5, 5.41) is 185. The topological polar surface area (TPSA) is 555 Å². The number of carbonyl (C=O) groups is 2. The van der Waals surface area contributed by atoms with Crippen molar-refractivity contribution in [2.75, 3.05) is 26.4 Å². The maximum atomic E-state index is 12.4. The molecule has 6 heterocycles. The summed E-state index contributed by atoms with van der Waals surface area (Å²) >= 11 is 0. The molecular formula is C38H63NO34S. The van der Waals surface area contributed by atoms with Crippen LogP contribution in [0.5, 0.6) is 0 Å². The first-order valence-corrected chi connectivity index (χ1v) is 24.0. The number of nitrogens with one attached hydrogen (secondary N) is 1. The molecule has 36 heteroatoms. The number of carboxylic acids is 1. The molecule has 0 saturated carbocycles. The zero-order valence-electron chi connectivity index (χ0n) is 38.6. The van der Waals surface area contributed by atoms with Gasteiger partial charge in [0, 0.05) is 6.92 Å². The van der Waals surface area contributed by atoms with Gasteiger partial charge in [-0.05, 0) is 6.92 Å². The zero-order valence-corrected chi connectivity index (χ0v) is 39.5. The summed E-state index contributed by atoms with van der Waals surface area (Å²) in [5.41, 5.74) is 0. The van der Waals surface area contributed by atoms with Crippen LogP contribution in [0.25, 0.3) is 0 Å². The van der Waals surface area contributed by atoms with Crippen LogP contribution >= 0.6 is 0 Å². The lowest BCUT2D eigenvalue weighted by Crippen LogP contribution is -2.71. The normalized spacial score (nSPS) is 49.5. The Bertz CT molecular complexity index is 1940. The van der Waals surface area contributed by atoms with Gasteiger partial charge in [0.2, 0.25) is 5.91 Å². The van der Waals surface area contributed by atoms with Crippen LogP contribution in [-0.4, -0.2) is 322 Å². The summed E-state index contributed by atoms with van der Waals surface area (Å²) in [6.45, 7) is -2.28. The minimum Gasteiger partial charge on any atom is -0.479 e. The maximum Gasteiger partial charge on any atom is 0.397 e. The molecule has 6 fully saturated rings. The lowest BCUT2D eigenvalue weighted by molar-refractivity contribution is -0.418. The molecule has 0 radical (unpaired) electrons. The summed E-state index contributed by atoms with van der Waals surface area (Å²) in [7, 11) is -5.59. The molecule has 30 atom stereocenters. The Balaban J connectivity index is 1.47. The van der Waals surface area contributed by atoms with Gasteiger partial charge in [0.25, 0.3) is 0 Å². The van der Waals surface area contributed by atoms with E-state index in [2.05, 4.69) is 9.50 Å². The summed E-state index contributed by atoms with van der Waals surface area (Å²) in [4.78, 5) is 24.5. The van der Waals surface area contributed by atoms with Gasteiger partial charge in [-0.2, -0.15) is 8.42 Å². The molecule has 6 saturated heterocycles. The number of hydrogen-bond donors (Lipinski definition) is 19. The lowest BCUT2D eigenvalue weighted by Gasteiger charge is -2.52. The molecule has 0 aromatic carbocycles. The molecule has 35 nitrogen and oxygen atoms in total. The molecule has 430 valence electrons. The Morgan fingerprint density at radius 3 is 1.45 bits per heavy atom. The van der Waals surface area contributed by atoms with Crippen molar-refractivity contribution in [1.82, 2.24) is 5.32 Å². The second kappa shape index (κ2) is 25.2. The van der Waals surface area contributed by atoms with Crippen LogP contribution in [-0.2, 0) is 76.3 Å². The summed E-state index contributed by atoms with van der Waals surface area (Å²) in [5.74, 6) is -2.89. The van der Waals surface area contributed by atoms with E-state index in [1.807, 2.05) is 0 Å². The van der Waals surface area contributed by atoms with Crippen molar-refractivity contribution in [2.45, 2.75) is 198 Å². The molecule has 6 aliphatic rings. The lowest BCUT2D eigenvalue weighted by atomic mass is 9.94. The van der Waals surface area contributed by atoms with E-state index in [0.29, 0.717) is 0 Å².